The van der Waals surface area contributed by atoms with Gasteiger partial charge in [-0.05, 0) is 68.1 Å². The van der Waals surface area contributed by atoms with Crippen LogP contribution in [0.2, 0.25) is 0 Å². The number of urea groups is 1. The predicted octanol–water partition coefficient (Wildman–Crippen LogP) is 3.38. The van der Waals surface area contributed by atoms with Gasteiger partial charge in [0, 0.05) is 18.7 Å². The summed E-state index contributed by atoms with van der Waals surface area (Å²) >= 11 is 0. The van der Waals surface area contributed by atoms with Crippen molar-refractivity contribution in [2.75, 3.05) is 16.8 Å². The number of hydrogen-bond acceptors (Lipinski definition) is 3. The summed E-state index contributed by atoms with van der Waals surface area (Å²) in [5, 5.41) is 2.97. The first-order valence-electron chi connectivity index (χ1n) is 10.1. The lowest BCUT2D eigenvalue weighted by molar-refractivity contribution is -0.119. The van der Waals surface area contributed by atoms with Crippen molar-refractivity contribution in [1.82, 2.24) is 4.90 Å². The number of benzene rings is 1. The summed E-state index contributed by atoms with van der Waals surface area (Å²) in [6.45, 7) is 0.645. The number of rotatable bonds is 4. The lowest BCUT2D eigenvalue weighted by atomic mass is 9.86. The number of fused-ring (bicyclic) bond motifs is 3. The zero-order valence-electron chi connectivity index (χ0n) is 15.4. The summed E-state index contributed by atoms with van der Waals surface area (Å²) in [6, 6.07) is 6.53. The van der Waals surface area contributed by atoms with Gasteiger partial charge in [-0.3, -0.25) is 9.59 Å². The van der Waals surface area contributed by atoms with Gasteiger partial charge in [0.2, 0.25) is 5.91 Å². The van der Waals surface area contributed by atoms with Gasteiger partial charge in [-0.25, -0.2) is 9.69 Å². The highest BCUT2D eigenvalue weighted by Gasteiger charge is 2.48. The summed E-state index contributed by atoms with van der Waals surface area (Å²) in [5.41, 5.74) is 1.19. The summed E-state index contributed by atoms with van der Waals surface area (Å²) < 4.78 is 0. The zero-order valence-corrected chi connectivity index (χ0v) is 15.4. The van der Waals surface area contributed by atoms with Gasteiger partial charge in [-0.2, -0.15) is 0 Å². The van der Waals surface area contributed by atoms with Crippen molar-refractivity contribution < 1.29 is 14.4 Å². The van der Waals surface area contributed by atoms with E-state index in [0.29, 0.717) is 30.3 Å². The number of carbonyl (C=O) groups excluding carboxylic acids is 3. The normalized spacial score (nSPS) is 31.7. The molecule has 4 amide bonds. The molecule has 0 spiro atoms. The minimum absolute atomic E-state index is 0.0318. The smallest absolute Gasteiger partial charge is 0.326 e. The van der Waals surface area contributed by atoms with E-state index in [2.05, 4.69) is 5.32 Å². The molecule has 2 saturated heterocycles. The van der Waals surface area contributed by atoms with Crippen LogP contribution in [0, 0.1) is 17.8 Å². The Morgan fingerprint density at radius 3 is 2.78 bits per heavy atom. The third-order valence-corrected chi connectivity index (χ3v) is 6.92. The quantitative estimate of drug-likeness (QED) is 0.830. The fraction of sp³-hybridized carbons (Fsp3) is 0.571. The Bertz CT molecular complexity index is 786. The van der Waals surface area contributed by atoms with Crippen molar-refractivity contribution >= 4 is 29.2 Å². The number of carbonyl (C=O) groups is 3. The number of anilines is 2. The summed E-state index contributed by atoms with van der Waals surface area (Å²) in [6.07, 6.45) is 7.28. The van der Waals surface area contributed by atoms with Crippen LogP contribution in [0.3, 0.4) is 0 Å². The second-order valence-corrected chi connectivity index (χ2v) is 8.55. The van der Waals surface area contributed by atoms with Crippen molar-refractivity contribution in [2.45, 2.75) is 51.0 Å². The molecule has 27 heavy (non-hydrogen) atoms. The molecule has 2 bridgehead atoms. The Hall–Kier alpha value is -2.37. The first-order valence-corrected chi connectivity index (χ1v) is 10.1. The standard InChI is InChI=1S/C21H25N3O3/c25-19(11-15-10-13-6-7-14(15)9-13)22-16-3-1-4-17(12-16)24-20(26)18-5-2-8-23(18)21(24)27/h1,3-4,12-15,18H,2,5-11H2,(H,22,25)/t13-,14-,15-,18-/m0/s1. The molecule has 4 atom stereocenters. The molecule has 1 N–H and O–H groups in total. The Balaban J connectivity index is 1.27. The van der Waals surface area contributed by atoms with Gasteiger partial charge in [0.15, 0.2) is 0 Å². The molecule has 2 aliphatic carbocycles. The number of hydrogen-bond donors (Lipinski definition) is 1. The van der Waals surface area contributed by atoms with Crippen LogP contribution in [0.1, 0.15) is 44.9 Å². The number of nitrogens with one attached hydrogen (secondary N) is 1. The molecule has 1 aromatic rings. The predicted molar refractivity (Wildman–Crippen MR) is 101 cm³/mol. The zero-order chi connectivity index (χ0) is 18.5. The van der Waals surface area contributed by atoms with E-state index >= 15 is 0 Å². The van der Waals surface area contributed by atoms with Crippen molar-refractivity contribution in [3.63, 3.8) is 0 Å². The van der Waals surface area contributed by atoms with E-state index in [-0.39, 0.29) is 23.9 Å². The van der Waals surface area contributed by atoms with Gasteiger partial charge in [0.1, 0.15) is 6.04 Å². The van der Waals surface area contributed by atoms with Crippen LogP contribution in [0.4, 0.5) is 16.2 Å². The fourth-order valence-corrected chi connectivity index (χ4v) is 5.66. The van der Waals surface area contributed by atoms with Crippen LogP contribution in [-0.2, 0) is 9.59 Å². The third kappa shape index (κ3) is 2.82. The Labute approximate surface area is 158 Å². The highest BCUT2D eigenvalue weighted by molar-refractivity contribution is 6.21. The van der Waals surface area contributed by atoms with Gasteiger partial charge in [0.05, 0.1) is 5.69 Å². The van der Waals surface area contributed by atoms with E-state index in [1.165, 1.54) is 30.6 Å². The average Bonchev–Trinajstić information content (AvgIpc) is 3.40. The maximum Gasteiger partial charge on any atom is 0.332 e. The Morgan fingerprint density at radius 1 is 1.15 bits per heavy atom. The van der Waals surface area contributed by atoms with Crippen molar-refractivity contribution in [3.8, 4) is 0 Å². The topological polar surface area (TPSA) is 69.7 Å². The summed E-state index contributed by atoms with van der Waals surface area (Å²) in [5.74, 6) is 1.95. The fourth-order valence-electron chi connectivity index (χ4n) is 5.66. The Kier molecular flexibility index (Phi) is 3.95. The highest BCUT2D eigenvalue weighted by atomic mass is 16.2. The largest absolute Gasteiger partial charge is 0.332 e. The van der Waals surface area contributed by atoms with Gasteiger partial charge >= 0.3 is 6.03 Å². The minimum atomic E-state index is -0.312. The number of imide groups is 1. The van der Waals surface area contributed by atoms with Crippen LogP contribution in [-0.4, -0.2) is 35.3 Å². The molecule has 4 aliphatic rings. The minimum Gasteiger partial charge on any atom is -0.326 e. The van der Waals surface area contributed by atoms with E-state index in [1.54, 1.807) is 23.1 Å². The van der Waals surface area contributed by atoms with Gasteiger partial charge in [-0.1, -0.05) is 12.5 Å². The Morgan fingerprint density at radius 2 is 2.04 bits per heavy atom. The van der Waals surface area contributed by atoms with Crippen LogP contribution < -0.4 is 10.2 Å². The number of amides is 4. The van der Waals surface area contributed by atoms with E-state index in [4.69, 9.17) is 0 Å². The maximum absolute atomic E-state index is 12.6. The molecule has 0 unspecified atom stereocenters. The average molecular weight is 367 g/mol. The highest BCUT2D eigenvalue weighted by Crippen LogP contribution is 2.49. The molecule has 0 aromatic heterocycles. The summed E-state index contributed by atoms with van der Waals surface area (Å²) in [7, 11) is 0. The molecular formula is C21H25N3O3. The van der Waals surface area contributed by atoms with Crippen molar-refractivity contribution in [2.24, 2.45) is 17.8 Å². The molecule has 6 heteroatoms. The van der Waals surface area contributed by atoms with Gasteiger partial charge < -0.3 is 10.2 Å². The molecule has 1 aromatic carbocycles. The van der Waals surface area contributed by atoms with Crippen LogP contribution in [0.5, 0.6) is 0 Å². The monoisotopic (exact) mass is 367 g/mol. The van der Waals surface area contributed by atoms with Crippen LogP contribution in [0.15, 0.2) is 24.3 Å². The molecule has 2 aliphatic heterocycles. The molecule has 5 rings (SSSR count). The van der Waals surface area contributed by atoms with E-state index < -0.39 is 0 Å². The second kappa shape index (κ2) is 6.36. The van der Waals surface area contributed by atoms with Crippen LogP contribution >= 0.6 is 0 Å². The van der Waals surface area contributed by atoms with Gasteiger partial charge in [0.25, 0.3) is 5.91 Å². The molecule has 2 heterocycles. The second-order valence-electron chi connectivity index (χ2n) is 8.55. The van der Waals surface area contributed by atoms with Gasteiger partial charge in [-0.15, -0.1) is 0 Å². The lowest BCUT2D eigenvalue weighted by Gasteiger charge is -2.21. The molecule has 6 nitrogen and oxygen atoms in total. The first-order chi connectivity index (χ1) is 13.1. The van der Waals surface area contributed by atoms with E-state index in [9.17, 15) is 14.4 Å². The maximum atomic E-state index is 12.6. The van der Waals surface area contributed by atoms with E-state index in [1.807, 2.05) is 6.07 Å². The first kappa shape index (κ1) is 16.8. The van der Waals surface area contributed by atoms with Crippen LogP contribution in [0.25, 0.3) is 0 Å². The lowest BCUT2D eigenvalue weighted by Crippen LogP contribution is -2.33. The SMILES string of the molecule is O=C(C[C@@H]1C[C@H]2CC[C@H]1C2)Nc1cccc(N2C(=O)[C@@H]3CCCN3C2=O)c1. The molecule has 4 fully saturated rings. The summed E-state index contributed by atoms with van der Waals surface area (Å²) in [4.78, 5) is 40.6. The van der Waals surface area contributed by atoms with E-state index in [0.717, 1.165) is 24.7 Å². The molecular weight excluding hydrogens is 342 g/mol. The molecule has 0 radical (unpaired) electrons. The molecule has 2 saturated carbocycles. The van der Waals surface area contributed by atoms with Crippen molar-refractivity contribution in [3.05, 3.63) is 24.3 Å². The number of nitrogens with zero attached hydrogens (tertiary/aromatic N) is 2. The van der Waals surface area contributed by atoms with Crippen molar-refractivity contribution in [1.29, 1.82) is 0 Å². The third-order valence-electron chi connectivity index (χ3n) is 6.92. The molecule has 142 valence electrons.